The summed E-state index contributed by atoms with van der Waals surface area (Å²) in [6.07, 6.45) is 3.21. The molecule has 2 unspecified atom stereocenters. The van der Waals surface area contributed by atoms with Gasteiger partial charge in [0.25, 0.3) is 5.91 Å². The highest BCUT2D eigenvalue weighted by molar-refractivity contribution is 7.92. The molecule has 4 nitrogen and oxygen atoms in total. The molecule has 1 aliphatic heterocycles. The molecular weight excluding hydrogens is 361 g/mol. The summed E-state index contributed by atoms with van der Waals surface area (Å²) in [6, 6.07) is 4.62. The highest BCUT2D eigenvalue weighted by atomic mass is 32.2. The van der Waals surface area contributed by atoms with Gasteiger partial charge in [-0.15, -0.1) is 11.3 Å². The van der Waals surface area contributed by atoms with Crippen LogP contribution in [-0.4, -0.2) is 42.8 Å². The number of rotatable bonds is 1. The van der Waals surface area contributed by atoms with Crippen molar-refractivity contribution in [1.29, 1.82) is 0 Å². The highest BCUT2D eigenvalue weighted by Crippen LogP contribution is 2.37. The molecule has 2 aliphatic rings. The van der Waals surface area contributed by atoms with Crippen LogP contribution in [0, 0.1) is 12.7 Å². The number of aryl methyl sites for hydroxylation is 1. The van der Waals surface area contributed by atoms with Crippen molar-refractivity contribution in [3.05, 3.63) is 34.5 Å². The Labute approximate surface area is 150 Å². The number of amides is 1. The van der Waals surface area contributed by atoms with Gasteiger partial charge < -0.3 is 4.90 Å². The molecule has 1 saturated heterocycles. The van der Waals surface area contributed by atoms with Gasteiger partial charge in [0.2, 0.25) is 0 Å². The van der Waals surface area contributed by atoms with Crippen LogP contribution in [0.2, 0.25) is 0 Å². The molecule has 2 heterocycles. The van der Waals surface area contributed by atoms with Gasteiger partial charge in [0.1, 0.15) is 5.82 Å². The van der Waals surface area contributed by atoms with E-state index in [-0.39, 0.29) is 30.1 Å². The molecule has 2 aromatic rings. The van der Waals surface area contributed by atoms with Gasteiger partial charge in [-0.3, -0.25) is 4.79 Å². The summed E-state index contributed by atoms with van der Waals surface area (Å²) in [5, 5.41) is 0.0612. The van der Waals surface area contributed by atoms with Gasteiger partial charge in [-0.1, -0.05) is 18.9 Å². The molecule has 134 valence electrons. The Kier molecular flexibility index (Phi) is 4.11. The van der Waals surface area contributed by atoms with E-state index in [2.05, 4.69) is 0 Å². The molecular formula is C18H20FNO3S2. The molecule has 7 heteroatoms. The SMILES string of the molecule is Cc1c(C(=O)N2CCS(=O)(=O)C3CCCCC32)sc2cccc(F)c12. The Hall–Kier alpha value is -1.47. The first-order chi connectivity index (χ1) is 11.9. The third-order valence-corrected chi connectivity index (χ3v) is 8.97. The molecule has 1 amide bonds. The summed E-state index contributed by atoms with van der Waals surface area (Å²) in [7, 11) is -3.12. The summed E-state index contributed by atoms with van der Waals surface area (Å²) >= 11 is 1.30. The van der Waals surface area contributed by atoms with E-state index in [9.17, 15) is 17.6 Å². The second-order valence-corrected chi connectivity index (χ2v) is 10.3. The Morgan fingerprint density at radius 3 is 2.80 bits per heavy atom. The van der Waals surface area contributed by atoms with Crippen molar-refractivity contribution in [2.45, 2.75) is 43.9 Å². The van der Waals surface area contributed by atoms with Crippen LogP contribution in [-0.2, 0) is 9.84 Å². The lowest BCUT2D eigenvalue weighted by molar-refractivity contribution is 0.0643. The maximum Gasteiger partial charge on any atom is 0.264 e. The first-order valence-electron chi connectivity index (χ1n) is 8.60. The fraction of sp³-hybridized carbons (Fsp3) is 0.500. The van der Waals surface area contributed by atoms with E-state index in [1.54, 1.807) is 17.9 Å². The zero-order valence-electron chi connectivity index (χ0n) is 14.0. The number of fused-ring (bicyclic) bond motifs is 2. The van der Waals surface area contributed by atoms with E-state index < -0.39 is 15.1 Å². The number of thiophene rings is 1. The van der Waals surface area contributed by atoms with Gasteiger partial charge in [0.15, 0.2) is 9.84 Å². The van der Waals surface area contributed by atoms with Crippen LogP contribution in [0.5, 0.6) is 0 Å². The molecule has 1 aromatic heterocycles. The average molecular weight is 381 g/mol. The van der Waals surface area contributed by atoms with Crippen molar-refractivity contribution >= 4 is 37.2 Å². The van der Waals surface area contributed by atoms with Gasteiger partial charge in [-0.05, 0) is 37.5 Å². The van der Waals surface area contributed by atoms with Crippen molar-refractivity contribution in [3.63, 3.8) is 0 Å². The fourth-order valence-electron chi connectivity index (χ4n) is 4.24. The number of benzene rings is 1. The van der Waals surface area contributed by atoms with Crippen molar-refractivity contribution in [2.75, 3.05) is 12.3 Å². The molecule has 0 N–H and O–H groups in total. The quantitative estimate of drug-likeness (QED) is 0.759. The highest BCUT2D eigenvalue weighted by Gasteiger charge is 2.44. The first-order valence-corrected chi connectivity index (χ1v) is 11.1. The molecule has 1 aromatic carbocycles. The van der Waals surface area contributed by atoms with Crippen LogP contribution in [0.15, 0.2) is 18.2 Å². The second kappa shape index (κ2) is 6.06. The third kappa shape index (κ3) is 2.68. The molecule has 1 aliphatic carbocycles. The van der Waals surface area contributed by atoms with E-state index in [1.165, 1.54) is 17.4 Å². The zero-order valence-corrected chi connectivity index (χ0v) is 15.6. The zero-order chi connectivity index (χ0) is 17.8. The lowest BCUT2D eigenvalue weighted by Gasteiger charge is -2.43. The number of hydrogen-bond donors (Lipinski definition) is 0. The van der Waals surface area contributed by atoms with Gasteiger partial charge >= 0.3 is 0 Å². The van der Waals surface area contributed by atoms with Gasteiger partial charge in [-0.25, -0.2) is 12.8 Å². The monoisotopic (exact) mass is 381 g/mol. The lowest BCUT2D eigenvalue weighted by Crippen LogP contribution is -2.57. The number of sulfone groups is 1. The summed E-state index contributed by atoms with van der Waals surface area (Å²) in [4.78, 5) is 15.5. The van der Waals surface area contributed by atoms with Crippen LogP contribution in [0.4, 0.5) is 4.39 Å². The Balaban J connectivity index is 1.74. The van der Waals surface area contributed by atoms with E-state index >= 15 is 0 Å². The smallest absolute Gasteiger partial charge is 0.264 e. The van der Waals surface area contributed by atoms with Crippen LogP contribution in [0.3, 0.4) is 0 Å². The largest absolute Gasteiger partial charge is 0.333 e. The lowest BCUT2D eigenvalue weighted by atomic mass is 9.93. The number of carbonyl (C=O) groups is 1. The number of carbonyl (C=O) groups excluding carboxylic acids is 1. The topological polar surface area (TPSA) is 54.5 Å². The van der Waals surface area contributed by atoms with Crippen LogP contribution >= 0.6 is 11.3 Å². The van der Waals surface area contributed by atoms with E-state index in [4.69, 9.17) is 0 Å². The maximum absolute atomic E-state index is 14.1. The van der Waals surface area contributed by atoms with Crippen molar-refractivity contribution < 1.29 is 17.6 Å². The van der Waals surface area contributed by atoms with Gasteiger partial charge in [0.05, 0.1) is 15.9 Å². The second-order valence-electron chi connectivity index (χ2n) is 6.92. The van der Waals surface area contributed by atoms with Gasteiger partial charge in [0, 0.05) is 22.7 Å². The van der Waals surface area contributed by atoms with Crippen LogP contribution in [0.25, 0.3) is 10.1 Å². The predicted octanol–water partition coefficient (Wildman–Crippen LogP) is 3.53. The summed E-state index contributed by atoms with van der Waals surface area (Å²) < 4.78 is 39.7. The number of nitrogens with zero attached hydrogens (tertiary/aromatic N) is 1. The molecule has 0 spiro atoms. The van der Waals surface area contributed by atoms with Crippen LogP contribution in [0.1, 0.15) is 40.9 Å². The number of hydrogen-bond acceptors (Lipinski definition) is 4. The standard InChI is InChI=1S/C18H20FNO3S2/c1-11-16-12(19)5-4-7-14(16)24-17(11)18(21)20-9-10-25(22,23)15-8-3-2-6-13(15)20/h4-5,7,13,15H,2-3,6,8-10H2,1H3. The van der Waals surface area contributed by atoms with Crippen molar-refractivity contribution in [2.24, 2.45) is 0 Å². The van der Waals surface area contributed by atoms with Crippen molar-refractivity contribution in [1.82, 2.24) is 4.90 Å². The molecule has 0 bridgehead atoms. The normalized spacial score (nSPS) is 25.8. The third-order valence-electron chi connectivity index (χ3n) is 5.50. The molecule has 2 atom stereocenters. The average Bonchev–Trinajstić information content (AvgIpc) is 2.93. The number of halogens is 1. The van der Waals surface area contributed by atoms with Crippen LogP contribution < -0.4 is 0 Å². The molecule has 2 fully saturated rings. The minimum atomic E-state index is -3.12. The molecule has 4 rings (SSSR count). The Bertz CT molecular complexity index is 951. The van der Waals surface area contributed by atoms with E-state index in [1.807, 2.05) is 6.07 Å². The minimum absolute atomic E-state index is 0.0260. The minimum Gasteiger partial charge on any atom is -0.333 e. The Morgan fingerprint density at radius 2 is 2.04 bits per heavy atom. The molecule has 0 radical (unpaired) electrons. The first kappa shape index (κ1) is 17.0. The van der Waals surface area contributed by atoms with Gasteiger partial charge in [-0.2, -0.15) is 0 Å². The Morgan fingerprint density at radius 1 is 1.28 bits per heavy atom. The van der Waals surface area contributed by atoms with E-state index in [0.717, 1.165) is 24.0 Å². The maximum atomic E-state index is 14.1. The summed E-state index contributed by atoms with van der Waals surface area (Å²) in [5.74, 6) is -0.440. The van der Waals surface area contributed by atoms with E-state index in [0.29, 0.717) is 22.2 Å². The summed E-state index contributed by atoms with van der Waals surface area (Å²) in [5.41, 5.74) is 0.656. The predicted molar refractivity (Wildman–Crippen MR) is 97.4 cm³/mol. The molecule has 1 saturated carbocycles. The molecule has 25 heavy (non-hydrogen) atoms. The fourth-order valence-corrected chi connectivity index (χ4v) is 7.46. The summed E-state index contributed by atoms with van der Waals surface area (Å²) in [6.45, 7) is 2.01. The van der Waals surface area contributed by atoms with Crippen molar-refractivity contribution in [3.8, 4) is 0 Å².